The van der Waals surface area contributed by atoms with Crippen molar-refractivity contribution in [1.82, 2.24) is 9.78 Å². The molecule has 1 atom stereocenters. The Hall–Kier alpha value is -1.33. The summed E-state index contributed by atoms with van der Waals surface area (Å²) in [5, 5.41) is 6.69. The SMILES string of the molecule is Cc1nn(C)c(N(C)C(C)Cc2cccs2)c1CCN. The summed E-state index contributed by atoms with van der Waals surface area (Å²) in [5.74, 6) is 1.19. The van der Waals surface area contributed by atoms with Crippen molar-refractivity contribution in [2.75, 3.05) is 18.5 Å². The van der Waals surface area contributed by atoms with E-state index in [4.69, 9.17) is 5.73 Å². The lowest BCUT2D eigenvalue weighted by atomic mass is 10.1. The third-order valence-electron chi connectivity index (χ3n) is 3.78. The van der Waals surface area contributed by atoms with Crippen LogP contribution in [0.4, 0.5) is 5.82 Å². The number of anilines is 1. The molecule has 0 aliphatic carbocycles. The second-order valence-electron chi connectivity index (χ2n) is 5.29. The van der Waals surface area contributed by atoms with Crippen molar-refractivity contribution in [3.8, 4) is 0 Å². The van der Waals surface area contributed by atoms with Gasteiger partial charge in [0.1, 0.15) is 5.82 Å². The van der Waals surface area contributed by atoms with E-state index < -0.39 is 0 Å². The van der Waals surface area contributed by atoms with E-state index in [-0.39, 0.29) is 0 Å². The van der Waals surface area contributed by atoms with Gasteiger partial charge in [-0.25, -0.2) is 0 Å². The van der Waals surface area contributed by atoms with Crippen LogP contribution >= 0.6 is 11.3 Å². The fraction of sp³-hybridized carbons (Fsp3) is 0.533. The lowest BCUT2D eigenvalue weighted by molar-refractivity contribution is 0.643. The summed E-state index contributed by atoms with van der Waals surface area (Å²) in [6.07, 6.45) is 1.94. The lowest BCUT2D eigenvalue weighted by Crippen LogP contribution is -2.33. The maximum absolute atomic E-state index is 5.74. The Balaban J connectivity index is 2.21. The number of nitrogens with zero attached hydrogens (tertiary/aromatic N) is 3. The first-order valence-corrected chi connectivity index (χ1v) is 7.90. The second kappa shape index (κ2) is 6.41. The molecule has 0 spiro atoms. The van der Waals surface area contributed by atoms with Crippen LogP contribution in [0.1, 0.15) is 23.1 Å². The quantitative estimate of drug-likeness (QED) is 0.889. The highest BCUT2D eigenvalue weighted by molar-refractivity contribution is 7.09. The van der Waals surface area contributed by atoms with Crippen molar-refractivity contribution in [2.45, 2.75) is 32.7 Å². The van der Waals surface area contributed by atoms with E-state index in [1.807, 2.05) is 23.1 Å². The van der Waals surface area contributed by atoms with Crippen LogP contribution in [-0.2, 0) is 19.9 Å². The van der Waals surface area contributed by atoms with Gasteiger partial charge in [0.15, 0.2) is 0 Å². The van der Waals surface area contributed by atoms with Gasteiger partial charge in [-0.15, -0.1) is 11.3 Å². The summed E-state index contributed by atoms with van der Waals surface area (Å²) in [5.41, 5.74) is 8.10. The van der Waals surface area contributed by atoms with Crippen LogP contribution in [0, 0.1) is 6.92 Å². The van der Waals surface area contributed by atoms with E-state index in [2.05, 4.69) is 48.4 Å². The first-order valence-electron chi connectivity index (χ1n) is 7.02. The molecule has 0 saturated heterocycles. The number of nitrogens with two attached hydrogens (primary N) is 1. The minimum Gasteiger partial charge on any atom is -0.357 e. The fourth-order valence-electron chi connectivity index (χ4n) is 2.63. The largest absolute Gasteiger partial charge is 0.357 e. The summed E-state index contributed by atoms with van der Waals surface area (Å²) in [4.78, 5) is 3.74. The molecule has 0 amide bonds. The normalized spacial score (nSPS) is 12.7. The Kier molecular flexibility index (Phi) is 4.83. The molecular formula is C15H24N4S. The predicted molar refractivity (Wildman–Crippen MR) is 86.6 cm³/mol. The van der Waals surface area contributed by atoms with Gasteiger partial charge in [0, 0.05) is 37.0 Å². The molecule has 5 heteroatoms. The summed E-state index contributed by atoms with van der Waals surface area (Å²) < 4.78 is 1.98. The molecule has 2 N–H and O–H groups in total. The highest BCUT2D eigenvalue weighted by atomic mass is 32.1. The zero-order chi connectivity index (χ0) is 14.7. The van der Waals surface area contributed by atoms with Gasteiger partial charge in [0.05, 0.1) is 5.69 Å². The first-order chi connectivity index (χ1) is 9.54. The molecule has 0 saturated carbocycles. The molecule has 0 fully saturated rings. The van der Waals surface area contributed by atoms with E-state index in [0.717, 1.165) is 18.5 Å². The third-order valence-corrected chi connectivity index (χ3v) is 4.68. The van der Waals surface area contributed by atoms with Gasteiger partial charge in [-0.3, -0.25) is 4.68 Å². The maximum Gasteiger partial charge on any atom is 0.130 e. The van der Waals surface area contributed by atoms with Gasteiger partial charge in [-0.2, -0.15) is 5.10 Å². The first kappa shape index (κ1) is 15.1. The Morgan fingerprint density at radius 2 is 2.25 bits per heavy atom. The highest BCUT2D eigenvalue weighted by Gasteiger charge is 2.20. The van der Waals surface area contributed by atoms with E-state index >= 15 is 0 Å². The molecule has 1 unspecified atom stereocenters. The van der Waals surface area contributed by atoms with E-state index in [9.17, 15) is 0 Å². The van der Waals surface area contributed by atoms with Crippen molar-refractivity contribution in [3.63, 3.8) is 0 Å². The van der Waals surface area contributed by atoms with Gasteiger partial charge in [0.25, 0.3) is 0 Å². The van der Waals surface area contributed by atoms with Crippen molar-refractivity contribution in [3.05, 3.63) is 33.6 Å². The van der Waals surface area contributed by atoms with Crippen LogP contribution in [0.2, 0.25) is 0 Å². The summed E-state index contributed by atoms with van der Waals surface area (Å²) in [7, 11) is 4.16. The van der Waals surface area contributed by atoms with Gasteiger partial charge in [-0.05, 0) is 38.3 Å². The molecule has 0 aliphatic heterocycles. The van der Waals surface area contributed by atoms with Crippen LogP contribution in [0.25, 0.3) is 0 Å². The molecule has 2 heterocycles. The number of thiophene rings is 1. The summed E-state index contributed by atoms with van der Waals surface area (Å²) >= 11 is 1.82. The molecule has 110 valence electrons. The van der Waals surface area contributed by atoms with Gasteiger partial charge < -0.3 is 10.6 Å². The third kappa shape index (κ3) is 3.04. The van der Waals surface area contributed by atoms with Crippen molar-refractivity contribution in [1.29, 1.82) is 0 Å². The number of aromatic nitrogens is 2. The maximum atomic E-state index is 5.74. The lowest BCUT2D eigenvalue weighted by Gasteiger charge is -2.27. The number of hydrogen-bond donors (Lipinski definition) is 1. The van der Waals surface area contributed by atoms with Gasteiger partial charge in [0.2, 0.25) is 0 Å². The summed E-state index contributed by atoms with van der Waals surface area (Å²) in [6, 6.07) is 4.74. The zero-order valence-corrected chi connectivity index (χ0v) is 13.6. The molecule has 20 heavy (non-hydrogen) atoms. The highest BCUT2D eigenvalue weighted by Crippen LogP contribution is 2.25. The molecule has 2 rings (SSSR count). The van der Waals surface area contributed by atoms with E-state index in [1.54, 1.807) is 0 Å². The van der Waals surface area contributed by atoms with Crippen molar-refractivity contribution >= 4 is 17.2 Å². The van der Waals surface area contributed by atoms with Crippen LogP contribution in [0.5, 0.6) is 0 Å². The Bertz CT molecular complexity index is 544. The fourth-order valence-corrected chi connectivity index (χ4v) is 3.46. The second-order valence-corrected chi connectivity index (χ2v) is 6.33. The standard InChI is InChI=1S/C15H24N4S/c1-11(10-13-6-5-9-20-13)18(3)15-14(7-8-16)12(2)17-19(15)4/h5-6,9,11H,7-8,10,16H2,1-4H3. The van der Waals surface area contributed by atoms with Crippen LogP contribution in [-0.4, -0.2) is 29.4 Å². The average molecular weight is 292 g/mol. The number of hydrogen-bond acceptors (Lipinski definition) is 4. The monoisotopic (exact) mass is 292 g/mol. The molecule has 4 nitrogen and oxygen atoms in total. The van der Waals surface area contributed by atoms with E-state index in [0.29, 0.717) is 12.6 Å². The number of likely N-dealkylation sites (N-methyl/N-ethyl adjacent to an activating group) is 1. The van der Waals surface area contributed by atoms with Gasteiger partial charge >= 0.3 is 0 Å². The van der Waals surface area contributed by atoms with Crippen molar-refractivity contribution in [2.24, 2.45) is 12.8 Å². The smallest absolute Gasteiger partial charge is 0.130 e. The minimum atomic E-state index is 0.431. The minimum absolute atomic E-state index is 0.431. The van der Waals surface area contributed by atoms with Crippen LogP contribution < -0.4 is 10.6 Å². The Labute approximate surface area is 125 Å². The van der Waals surface area contributed by atoms with Crippen LogP contribution in [0.15, 0.2) is 17.5 Å². The molecule has 2 aromatic heterocycles. The van der Waals surface area contributed by atoms with Crippen molar-refractivity contribution < 1.29 is 0 Å². The molecule has 2 aromatic rings. The molecule has 0 radical (unpaired) electrons. The molecular weight excluding hydrogens is 268 g/mol. The summed E-state index contributed by atoms with van der Waals surface area (Å²) in [6.45, 7) is 4.98. The average Bonchev–Trinajstić information content (AvgIpc) is 2.98. The number of rotatable bonds is 6. The van der Waals surface area contributed by atoms with E-state index in [1.165, 1.54) is 16.3 Å². The zero-order valence-electron chi connectivity index (χ0n) is 12.8. The van der Waals surface area contributed by atoms with Gasteiger partial charge in [-0.1, -0.05) is 6.07 Å². The Morgan fingerprint density at radius 3 is 2.85 bits per heavy atom. The van der Waals surface area contributed by atoms with Crippen LogP contribution in [0.3, 0.4) is 0 Å². The molecule has 0 aromatic carbocycles. The predicted octanol–water partition coefficient (Wildman–Crippen LogP) is 2.36. The number of aryl methyl sites for hydroxylation is 2. The topological polar surface area (TPSA) is 47.1 Å². The molecule has 0 aliphatic rings. The Morgan fingerprint density at radius 1 is 1.50 bits per heavy atom. The molecule has 0 bridgehead atoms.